The molecule has 0 aliphatic carbocycles. The average Bonchev–Trinajstić information content (AvgIpc) is 2.37. The lowest BCUT2D eigenvalue weighted by Gasteiger charge is -2.20. The maximum atomic E-state index is 12.1. The minimum atomic E-state index is -1.08. The number of rotatable bonds is 4. The molecule has 0 aliphatic heterocycles. The first-order chi connectivity index (χ1) is 9.72. The van der Waals surface area contributed by atoms with Gasteiger partial charge in [-0.25, -0.2) is 9.59 Å². The summed E-state index contributed by atoms with van der Waals surface area (Å²) >= 11 is 0. The van der Waals surface area contributed by atoms with Crippen LogP contribution in [0, 0.1) is 19.8 Å². The van der Waals surface area contributed by atoms with Gasteiger partial charge in [0.15, 0.2) is 6.10 Å². The standard InChI is InChI=1S/C15H20N2O4/c1-8(2)12(13(18)17-15(16)20)21-14(19)11-6-5-9(3)10(4)7-11/h5-8,12H,1-4H3,(H3,16,17,18,20)/t12-/m1/s1. The maximum absolute atomic E-state index is 12.1. The number of primary amides is 1. The van der Waals surface area contributed by atoms with Crippen molar-refractivity contribution in [3.63, 3.8) is 0 Å². The van der Waals surface area contributed by atoms with Crippen molar-refractivity contribution >= 4 is 17.9 Å². The molecule has 0 bridgehead atoms. The lowest BCUT2D eigenvalue weighted by molar-refractivity contribution is -0.130. The van der Waals surface area contributed by atoms with Crippen molar-refractivity contribution in [2.75, 3.05) is 0 Å². The number of imide groups is 1. The predicted octanol–water partition coefficient (Wildman–Crippen LogP) is 1.68. The molecule has 0 aromatic heterocycles. The van der Waals surface area contributed by atoms with Crippen molar-refractivity contribution in [1.29, 1.82) is 0 Å². The van der Waals surface area contributed by atoms with Gasteiger partial charge in [0, 0.05) is 0 Å². The SMILES string of the molecule is Cc1ccc(C(=O)O[C@@H](C(=O)NC(N)=O)C(C)C)cc1C. The number of carbonyl (C=O) groups excluding carboxylic acids is 3. The normalized spacial score (nSPS) is 11.9. The number of aryl methyl sites for hydroxylation is 2. The Morgan fingerprint density at radius 1 is 1.14 bits per heavy atom. The summed E-state index contributed by atoms with van der Waals surface area (Å²) in [4.78, 5) is 34.6. The molecule has 114 valence electrons. The van der Waals surface area contributed by atoms with Crippen molar-refractivity contribution < 1.29 is 19.1 Å². The molecule has 1 rings (SSSR count). The lowest BCUT2D eigenvalue weighted by Crippen LogP contribution is -2.45. The Bertz CT molecular complexity index is 567. The first-order valence-electron chi connectivity index (χ1n) is 6.61. The van der Waals surface area contributed by atoms with Crippen LogP contribution in [0.25, 0.3) is 0 Å². The van der Waals surface area contributed by atoms with Crippen LogP contribution in [-0.4, -0.2) is 24.0 Å². The van der Waals surface area contributed by atoms with Gasteiger partial charge in [0.25, 0.3) is 5.91 Å². The number of hydrogen-bond donors (Lipinski definition) is 2. The molecule has 0 fully saturated rings. The Hall–Kier alpha value is -2.37. The Morgan fingerprint density at radius 3 is 2.24 bits per heavy atom. The van der Waals surface area contributed by atoms with E-state index in [1.54, 1.807) is 32.0 Å². The molecule has 0 spiro atoms. The van der Waals surface area contributed by atoms with Gasteiger partial charge in [-0.05, 0) is 43.0 Å². The highest BCUT2D eigenvalue weighted by molar-refractivity contribution is 5.98. The van der Waals surface area contributed by atoms with E-state index in [-0.39, 0.29) is 5.92 Å². The molecule has 21 heavy (non-hydrogen) atoms. The zero-order valence-corrected chi connectivity index (χ0v) is 12.6. The highest BCUT2D eigenvalue weighted by Gasteiger charge is 2.27. The van der Waals surface area contributed by atoms with Gasteiger partial charge in [-0.1, -0.05) is 19.9 Å². The van der Waals surface area contributed by atoms with Gasteiger partial charge in [0.1, 0.15) is 0 Å². The number of ether oxygens (including phenoxy) is 1. The van der Waals surface area contributed by atoms with Crippen molar-refractivity contribution in [2.24, 2.45) is 11.7 Å². The van der Waals surface area contributed by atoms with Gasteiger partial charge in [0.05, 0.1) is 5.56 Å². The van der Waals surface area contributed by atoms with E-state index < -0.39 is 24.0 Å². The van der Waals surface area contributed by atoms with Gasteiger partial charge in [-0.2, -0.15) is 0 Å². The van der Waals surface area contributed by atoms with Crippen LogP contribution in [0.2, 0.25) is 0 Å². The molecule has 0 radical (unpaired) electrons. The van der Waals surface area contributed by atoms with E-state index >= 15 is 0 Å². The number of nitrogens with two attached hydrogens (primary N) is 1. The van der Waals surface area contributed by atoms with Crippen LogP contribution in [-0.2, 0) is 9.53 Å². The molecule has 6 heteroatoms. The van der Waals surface area contributed by atoms with E-state index in [0.29, 0.717) is 5.56 Å². The maximum Gasteiger partial charge on any atom is 0.338 e. The smallest absolute Gasteiger partial charge is 0.338 e. The largest absolute Gasteiger partial charge is 0.448 e. The zero-order valence-electron chi connectivity index (χ0n) is 12.6. The summed E-state index contributed by atoms with van der Waals surface area (Å²) in [5.41, 5.74) is 7.26. The second-order valence-electron chi connectivity index (χ2n) is 5.22. The van der Waals surface area contributed by atoms with Crippen LogP contribution < -0.4 is 11.1 Å². The molecule has 6 nitrogen and oxygen atoms in total. The molecule has 0 aliphatic rings. The molecule has 0 saturated carbocycles. The van der Waals surface area contributed by atoms with Crippen LogP contribution in [0.5, 0.6) is 0 Å². The molecule has 0 unspecified atom stereocenters. The molecule has 3 N–H and O–H groups in total. The minimum Gasteiger partial charge on any atom is -0.448 e. The molecule has 0 saturated heterocycles. The highest BCUT2D eigenvalue weighted by Crippen LogP contribution is 2.14. The monoisotopic (exact) mass is 292 g/mol. The minimum absolute atomic E-state index is 0.292. The number of esters is 1. The fourth-order valence-electron chi connectivity index (χ4n) is 1.74. The number of hydrogen-bond acceptors (Lipinski definition) is 4. The first kappa shape index (κ1) is 16.7. The fourth-order valence-corrected chi connectivity index (χ4v) is 1.74. The lowest BCUT2D eigenvalue weighted by atomic mass is 10.1. The Labute approximate surface area is 123 Å². The average molecular weight is 292 g/mol. The second-order valence-corrected chi connectivity index (χ2v) is 5.22. The molecule has 3 amide bonds. The number of benzene rings is 1. The summed E-state index contributed by atoms with van der Waals surface area (Å²) in [6.07, 6.45) is -1.08. The van der Waals surface area contributed by atoms with Crippen LogP contribution >= 0.6 is 0 Å². The van der Waals surface area contributed by atoms with E-state index in [1.807, 2.05) is 19.2 Å². The number of nitrogens with one attached hydrogen (secondary N) is 1. The van der Waals surface area contributed by atoms with E-state index in [1.165, 1.54) is 0 Å². The highest BCUT2D eigenvalue weighted by atomic mass is 16.5. The topological polar surface area (TPSA) is 98.5 Å². The van der Waals surface area contributed by atoms with Crippen molar-refractivity contribution in [1.82, 2.24) is 5.32 Å². The van der Waals surface area contributed by atoms with Crippen molar-refractivity contribution in [2.45, 2.75) is 33.8 Å². The van der Waals surface area contributed by atoms with Crippen LogP contribution in [0.1, 0.15) is 35.3 Å². The van der Waals surface area contributed by atoms with Gasteiger partial charge in [-0.3, -0.25) is 10.1 Å². The number of amides is 3. The van der Waals surface area contributed by atoms with Crippen molar-refractivity contribution in [3.8, 4) is 0 Å². The molecular formula is C15H20N2O4. The third kappa shape index (κ3) is 4.59. The molecule has 1 aromatic carbocycles. The summed E-state index contributed by atoms with van der Waals surface area (Å²) in [7, 11) is 0. The Kier molecular flexibility index (Phi) is 5.46. The van der Waals surface area contributed by atoms with E-state index in [2.05, 4.69) is 0 Å². The summed E-state index contributed by atoms with van der Waals surface area (Å²) < 4.78 is 5.20. The fraction of sp³-hybridized carbons (Fsp3) is 0.400. The third-order valence-electron chi connectivity index (χ3n) is 3.09. The molecular weight excluding hydrogens is 272 g/mol. The summed E-state index contributed by atoms with van der Waals surface area (Å²) in [6.45, 7) is 7.23. The zero-order chi connectivity index (χ0) is 16.2. The van der Waals surface area contributed by atoms with Gasteiger partial charge >= 0.3 is 12.0 Å². The number of urea groups is 1. The summed E-state index contributed by atoms with van der Waals surface area (Å²) in [5.74, 6) is -1.63. The van der Waals surface area contributed by atoms with Crippen LogP contribution in [0.4, 0.5) is 4.79 Å². The second kappa shape index (κ2) is 6.88. The third-order valence-corrected chi connectivity index (χ3v) is 3.09. The van der Waals surface area contributed by atoms with E-state index in [0.717, 1.165) is 11.1 Å². The summed E-state index contributed by atoms with van der Waals surface area (Å²) in [6, 6.07) is 4.15. The molecule has 1 atom stereocenters. The molecule has 0 heterocycles. The Morgan fingerprint density at radius 2 is 1.76 bits per heavy atom. The van der Waals surface area contributed by atoms with Crippen LogP contribution in [0.3, 0.4) is 0 Å². The Balaban J connectivity index is 2.88. The van der Waals surface area contributed by atoms with Gasteiger partial charge in [-0.15, -0.1) is 0 Å². The quantitative estimate of drug-likeness (QED) is 0.825. The van der Waals surface area contributed by atoms with E-state index in [9.17, 15) is 14.4 Å². The van der Waals surface area contributed by atoms with Crippen molar-refractivity contribution in [3.05, 3.63) is 34.9 Å². The van der Waals surface area contributed by atoms with E-state index in [4.69, 9.17) is 10.5 Å². The number of carbonyl (C=O) groups is 3. The molecule has 1 aromatic rings. The predicted molar refractivity (Wildman–Crippen MR) is 77.7 cm³/mol. The van der Waals surface area contributed by atoms with Gasteiger partial charge in [0.2, 0.25) is 0 Å². The van der Waals surface area contributed by atoms with Gasteiger partial charge < -0.3 is 10.5 Å². The van der Waals surface area contributed by atoms with Crippen LogP contribution in [0.15, 0.2) is 18.2 Å². The summed E-state index contributed by atoms with van der Waals surface area (Å²) in [5, 5.41) is 1.92. The first-order valence-corrected chi connectivity index (χ1v) is 6.61.